The largest absolute Gasteiger partial charge is 0.422 e. The van der Waals surface area contributed by atoms with Gasteiger partial charge in [0, 0.05) is 30.4 Å². The van der Waals surface area contributed by atoms with Crippen LogP contribution < -0.4 is 5.43 Å². The Labute approximate surface area is 163 Å². The van der Waals surface area contributed by atoms with E-state index in [1.54, 1.807) is 66.1 Å². The number of hydrogen-bond donors (Lipinski definition) is 1. The maximum Gasteiger partial charge on any atom is 0.422 e. The van der Waals surface area contributed by atoms with Gasteiger partial charge in [-0.2, -0.15) is 5.10 Å². The summed E-state index contributed by atoms with van der Waals surface area (Å²) in [6.45, 7) is 0. The van der Waals surface area contributed by atoms with Crippen molar-refractivity contribution < 1.29 is 18.8 Å². The molecular formula is C18H15F2N8O+. The van der Waals surface area contributed by atoms with E-state index < -0.39 is 23.3 Å². The fourth-order valence-corrected chi connectivity index (χ4v) is 2.71. The maximum atomic E-state index is 14.3. The van der Waals surface area contributed by atoms with Crippen LogP contribution in [-0.2, 0) is 18.3 Å². The number of amides is 1. The van der Waals surface area contributed by atoms with E-state index >= 15 is 0 Å². The molecule has 9 nitrogen and oxygen atoms in total. The Bertz CT molecular complexity index is 1180. The van der Waals surface area contributed by atoms with E-state index in [9.17, 15) is 13.8 Å². The summed E-state index contributed by atoms with van der Waals surface area (Å²) in [5.74, 6) is -1.84. The summed E-state index contributed by atoms with van der Waals surface area (Å²) in [6, 6.07) is 8.46. The van der Waals surface area contributed by atoms with Gasteiger partial charge in [0.05, 0.1) is 33.3 Å². The van der Waals surface area contributed by atoms with E-state index in [4.69, 9.17) is 0 Å². The molecule has 11 heteroatoms. The van der Waals surface area contributed by atoms with Crippen molar-refractivity contribution in [1.82, 2.24) is 29.9 Å². The molecule has 1 aromatic carbocycles. The van der Waals surface area contributed by atoms with Crippen LogP contribution in [0.3, 0.4) is 0 Å². The van der Waals surface area contributed by atoms with Crippen molar-refractivity contribution >= 4 is 22.8 Å². The molecule has 4 rings (SSSR count). The lowest BCUT2D eigenvalue weighted by molar-refractivity contribution is -1.09. The SMILES string of the molecule is Cn1cc(-c2cnc(N[N+](F)(F)C(=O)Cc3ccc4ncccc4c3)nn2)cn1. The van der Waals surface area contributed by atoms with E-state index in [0.29, 0.717) is 16.8 Å². The van der Waals surface area contributed by atoms with Crippen molar-refractivity contribution in [3.05, 3.63) is 60.7 Å². The van der Waals surface area contributed by atoms with Gasteiger partial charge in [-0.05, 0) is 23.8 Å². The lowest BCUT2D eigenvalue weighted by Gasteiger charge is -2.11. The molecule has 3 aromatic heterocycles. The smallest absolute Gasteiger partial charge is 0.275 e. The van der Waals surface area contributed by atoms with Gasteiger partial charge in [-0.25, -0.2) is 9.78 Å². The first-order valence-corrected chi connectivity index (χ1v) is 8.53. The third-order valence-corrected chi connectivity index (χ3v) is 4.14. The van der Waals surface area contributed by atoms with Crippen LogP contribution in [-0.4, -0.2) is 40.9 Å². The average molecular weight is 397 g/mol. The maximum absolute atomic E-state index is 14.3. The third kappa shape index (κ3) is 4.04. The molecule has 0 unspecified atom stereocenters. The number of nitrogens with one attached hydrogen (secondary N) is 1. The van der Waals surface area contributed by atoms with Gasteiger partial charge in [-0.1, -0.05) is 12.1 Å². The predicted octanol–water partition coefficient (Wildman–Crippen LogP) is 2.50. The van der Waals surface area contributed by atoms with Gasteiger partial charge in [0.25, 0.3) is 5.95 Å². The highest BCUT2D eigenvalue weighted by Gasteiger charge is 2.43. The first-order valence-electron chi connectivity index (χ1n) is 8.53. The Morgan fingerprint density at radius 1 is 1.17 bits per heavy atom. The molecule has 0 atom stereocenters. The van der Waals surface area contributed by atoms with Crippen LogP contribution in [0.4, 0.5) is 14.9 Å². The van der Waals surface area contributed by atoms with Crippen molar-refractivity contribution in [2.45, 2.75) is 6.42 Å². The number of quaternary nitrogens is 1. The molecule has 0 bridgehead atoms. The number of aryl methyl sites for hydroxylation is 1. The van der Waals surface area contributed by atoms with E-state index in [1.165, 1.54) is 6.20 Å². The molecule has 0 aliphatic rings. The monoisotopic (exact) mass is 397 g/mol. The number of halogens is 2. The summed E-state index contributed by atoms with van der Waals surface area (Å²) in [5, 5.41) is 9.09. The molecule has 0 saturated carbocycles. The topological polar surface area (TPSA) is 98.5 Å². The molecule has 0 fully saturated rings. The van der Waals surface area contributed by atoms with Gasteiger partial charge < -0.3 is 0 Å². The van der Waals surface area contributed by atoms with Gasteiger partial charge in [0.2, 0.25) is 5.04 Å². The van der Waals surface area contributed by atoms with Crippen molar-refractivity contribution in [3.8, 4) is 11.3 Å². The average Bonchev–Trinajstić information content (AvgIpc) is 3.14. The van der Waals surface area contributed by atoms with Crippen LogP contribution in [0.2, 0.25) is 0 Å². The molecule has 29 heavy (non-hydrogen) atoms. The minimum absolute atomic E-state index is 0.371. The van der Waals surface area contributed by atoms with Crippen LogP contribution in [0.15, 0.2) is 55.1 Å². The lowest BCUT2D eigenvalue weighted by atomic mass is 10.1. The number of rotatable bonds is 5. The van der Waals surface area contributed by atoms with Crippen molar-refractivity contribution in [2.75, 3.05) is 5.43 Å². The van der Waals surface area contributed by atoms with E-state index in [0.717, 1.165) is 10.9 Å². The fraction of sp³-hybridized carbons (Fsp3) is 0.111. The van der Waals surface area contributed by atoms with Gasteiger partial charge in [0.15, 0.2) is 0 Å². The normalized spacial score (nSPS) is 11.6. The number of pyridine rings is 1. The van der Waals surface area contributed by atoms with Crippen molar-refractivity contribution in [2.24, 2.45) is 7.05 Å². The molecule has 1 amide bonds. The first-order chi connectivity index (χ1) is 13.9. The molecule has 1 N–H and O–H groups in total. The minimum Gasteiger partial charge on any atom is -0.275 e. The number of carbonyl (C=O) groups excluding carboxylic acids is 1. The van der Waals surface area contributed by atoms with Crippen LogP contribution in [0.25, 0.3) is 22.2 Å². The van der Waals surface area contributed by atoms with Gasteiger partial charge in [-0.3, -0.25) is 9.67 Å². The Morgan fingerprint density at radius 2 is 2.03 bits per heavy atom. The number of aromatic nitrogens is 6. The summed E-state index contributed by atoms with van der Waals surface area (Å²) in [7, 11) is 1.73. The second-order valence-electron chi connectivity index (χ2n) is 6.30. The fourth-order valence-electron chi connectivity index (χ4n) is 2.71. The van der Waals surface area contributed by atoms with E-state index in [-0.39, 0.29) is 0 Å². The highest BCUT2D eigenvalue weighted by atomic mass is 19.4. The van der Waals surface area contributed by atoms with Crippen LogP contribution >= 0.6 is 0 Å². The number of nitrogens with zero attached hydrogens (tertiary/aromatic N) is 7. The summed E-state index contributed by atoms with van der Waals surface area (Å²) in [6.07, 6.45) is 5.66. The highest BCUT2D eigenvalue weighted by Crippen LogP contribution is 2.19. The molecule has 0 aliphatic heterocycles. The van der Waals surface area contributed by atoms with Crippen molar-refractivity contribution in [1.29, 1.82) is 0 Å². The van der Waals surface area contributed by atoms with Crippen molar-refractivity contribution in [3.63, 3.8) is 0 Å². The zero-order valence-corrected chi connectivity index (χ0v) is 15.2. The summed E-state index contributed by atoms with van der Waals surface area (Å²) in [5.41, 5.74) is 3.87. The van der Waals surface area contributed by atoms with E-state index in [2.05, 4.69) is 25.3 Å². The molecule has 146 valence electrons. The lowest BCUT2D eigenvalue weighted by Crippen LogP contribution is -2.44. The van der Waals surface area contributed by atoms with Gasteiger partial charge in [0.1, 0.15) is 5.69 Å². The van der Waals surface area contributed by atoms with Crippen LogP contribution in [0.5, 0.6) is 0 Å². The Kier molecular flexibility index (Phi) is 4.64. The number of benzene rings is 1. The summed E-state index contributed by atoms with van der Waals surface area (Å²) < 4.78 is 30.1. The van der Waals surface area contributed by atoms with Gasteiger partial charge in [-0.15, -0.1) is 15.6 Å². The molecule has 0 saturated heterocycles. The second kappa shape index (κ2) is 7.28. The summed E-state index contributed by atoms with van der Waals surface area (Å²) in [4.78, 5) is 20.1. The molecule has 0 aliphatic carbocycles. The second-order valence-corrected chi connectivity index (χ2v) is 6.30. The Balaban J connectivity index is 1.46. The third-order valence-electron chi connectivity index (χ3n) is 4.14. The van der Waals surface area contributed by atoms with E-state index in [1.807, 2.05) is 0 Å². The molecule has 4 aromatic rings. The Hall–Kier alpha value is -3.86. The van der Waals surface area contributed by atoms with Crippen LogP contribution in [0, 0.1) is 0 Å². The number of carbonyl (C=O) groups is 1. The van der Waals surface area contributed by atoms with Gasteiger partial charge >= 0.3 is 5.91 Å². The Morgan fingerprint density at radius 3 is 2.76 bits per heavy atom. The molecule has 3 heterocycles. The quantitative estimate of drug-likeness (QED) is 0.408. The molecule has 0 radical (unpaired) electrons. The number of hydrogen-bond acceptors (Lipinski definition) is 7. The number of fused-ring (bicyclic) bond motifs is 1. The molecule has 0 spiro atoms. The minimum atomic E-state index is -3.11. The zero-order valence-electron chi connectivity index (χ0n) is 15.2. The first kappa shape index (κ1) is 18.5. The summed E-state index contributed by atoms with van der Waals surface area (Å²) >= 11 is 0. The zero-order chi connectivity index (χ0) is 20.4. The van der Waals surface area contributed by atoms with Crippen LogP contribution in [0.1, 0.15) is 5.56 Å². The number of anilines is 1. The highest BCUT2D eigenvalue weighted by molar-refractivity contribution is 5.81. The predicted molar refractivity (Wildman–Crippen MR) is 98.6 cm³/mol. The molecular weight excluding hydrogens is 382 g/mol. The standard InChI is InChI=1S/C18H15F2N8O/c1-27-11-14(9-23-27)16-10-22-18(25-24-16)26-28(19,20)17(29)8-12-4-5-15-13(7-12)3-2-6-21-15/h2-7,9-11H,8H2,1H3,(H,22,25,26)/q+1.